The maximum absolute atomic E-state index is 12.6. The van der Waals surface area contributed by atoms with Gasteiger partial charge < -0.3 is 4.74 Å². The van der Waals surface area contributed by atoms with Crippen LogP contribution in [0.15, 0.2) is 47.3 Å². The second-order valence-electron chi connectivity index (χ2n) is 4.45. The molecule has 0 amide bonds. The average Bonchev–Trinajstić information content (AvgIpc) is 2.48. The van der Waals surface area contributed by atoms with Crippen LogP contribution in [0.4, 0.5) is 0 Å². The van der Waals surface area contributed by atoms with Crippen molar-refractivity contribution in [3.05, 3.63) is 52.7 Å². The van der Waals surface area contributed by atoms with Gasteiger partial charge in [0.25, 0.3) is 0 Å². The van der Waals surface area contributed by atoms with E-state index >= 15 is 0 Å². The molecular formula is C16H13ClO2S. The van der Waals surface area contributed by atoms with E-state index in [0.29, 0.717) is 23.6 Å². The first-order valence-electron chi connectivity index (χ1n) is 6.44. The third-order valence-corrected chi connectivity index (χ3v) is 4.51. The molecule has 0 aliphatic carbocycles. The SMILES string of the molecule is O=c1c2ccccc2sc2cccc(OCCCCl)c12. The molecule has 0 atom stereocenters. The standard InChI is InChI=1S/C16H13ClO2S/c17-9-4-10-19-12-6-3-8-14-15(12)16(18)11-5-1-2-7-13(11)20-14/h1-3,5-8H,4,9-10H2. The van der Waals surface area contributed by atoms with Crippen molar-refractivity contribution >= 4 is 43.1 Å². The fourth-order valence-electron chi connectivity index (χ4n) is 2.17. The van der Waals surface area contributed by atoms with Gasteiger partial charge in [0, 0.05) is 20.7 Å². The molecule has 1 aromatic heterocycles. The third kappa shape index (κ3) is 2.39. The van der Waals surface area contributed by atoms with Crippen molar-refractivity contribution in [2.45, 2.75) is 6.42 Å². The van der Waals surface area contributed by atoms with Crippen LogP contribution in [-0.2, 0) is 0 Å². The lowest BCUT2D eigenvalue weighted by molar-refractivity contribution is 0.322. The van der Waals surface area contributed by atoms with Crippen molar-refractivity contribution in [3.8, 4) is 5.75 Å². The van der Waals surface area contributed by atoms with Crippen LogP contribution in [0.5, 0.6) is 5.75 Å². The highest BCUT2D eigenvalue weighted by Gasteiger charge is 2.10. The third-order valence-electron chi connectivity index (χ3n) is 3.10. The van der Waals surface area contributed by atoms with Gasteiger partial charge in [-0.25, -0.2) is 0 Å². The van der Waals surface area contributed by atoms with E-state index in [-0.39, 0.29) is 5.43 Å². The van der Waals surface area contributed by atoms with Crippen LogP contribution in [0.2, 0.25) is 0 Å². The van der Waals surface area contributed by atoms with Crippen molar-refractivity contribution in [3.63, 3.8) is 0 Å². The summed E-state index contributed by atoms with van der Waals surface area (Å²) < 4.78 is 7.67. The van der Waals surface area contributed by atoms with Crippen molar-refractivity contribution < 1.29 is 4.74 Å². The first-order chi connectivity index (χ1) is 9.81. The number of hydrogen-bond acceptors (Lipinski definition) is 3. The average molecular weight is 305 g/mol. The normalized spacial score (nSPS) is 11.1. The highest BCUT2D eigenvalue weighted by atomic mass is 35.5. The summed E-state index contributed by atoms with van der Waals surface area (Å²) in [7, 11) is 0. The minimum absolute atomic E-state index is 0.0378. The molecule has 1 heterocycles. The summed E-state index contributed by atoms with van der Waals surface area (Å²) in [4.78, 5) is 12.6. The van der Waals surface area contributed by atoms with Gasteiger partial charge in [0.2, 0.25) is 0 Å². The molecule has 20 heavy (non-hydrogen) atoms. The summed E-state index contributed by atoms with van der Waals surface area (Å²) in [6.07, 6.45) is 0.767. The molecule has 0 aliphatic heterocycles. The Morgan fingerprint density at radius 1 is 1.05 bits per heavy atom. The summed E-state index contributed by atoms with van der Waals surface area (Å²) in [5, 5.41) is 1.42. The Labute approximate surface area is 125 Å². The fourth-order valence-corrected chi connectivity index (χ4v) is 3.38. The highest BCUT2D eigenvalue weighted by molar-refractivity contribution is 7.24. The van der Waals surface area contributed by atoms with Crippen molar-refractivity contribution in [2.24, 2.45) is 0 Å². The maximum Gasteiger partial charge on any atom is 0.199 e. The predicted octanol–water partition coefficient (Wildman–Crippen LogP) is 4.42. The lowest BCUT2D eigenvalue weighted by Crippen LogP contribution is -2.05. The Bertz CT molecular complexity index is 810. The molecule has 0 saturated heterocycles. The number of hydrogen-bond donors (Lipinski definition) is 0. The second-order valence-corrected chi connectivity index (χ2v) is 5.91. The van der Waals surface area contributed by atoms with Crippen molar-refractivity contribution in [2.75, 3.05) is 12.5 Å². The molecule has 102 valence electrons. The van der Waals surface area contributed by atoms with Crippen molar-refractivity contribution in [1.82, 2.24) is 0 Å². The zero-order chi connectivity index (χ0) is 13.9. The first kappa shape index (κ1) is 13.4. The smallest absolute Gasteiger partial charge is 0.199 e. The van der Waals surface area contributed by atoms with Crippen LogP contribution in [-0.4, -0.2) is 12.5 Å². The minimum atomic E-state index is 0.0378. The van der Waals surface area contributed by atoms with E-state index in [2.05, 4.69) is 0 Å². The quantitative estimate of drug-likeness (QED) is 0.405. The molecule has 4 heteroatoms. The van der Waals surface area contributed by atoms with E-state index in [4.69, 9.17) is 16.3 Å². The summed E-state index contributed by atoms with van der Waals surface area (Å²) in [5.41, 5.74) is 0.0378. The van der Waals surface area contributed by atoms with E-state index in [1.54, 1.807) is 11.3 Å². The van der Waals surface area contributed by atoms with Crippen LogP contribution < -0.4 is 10.2 Å². The maximum atomic E-state index is 12.6. The van der Waals surface area contributed by atoms with Gasteiger partial charge in [-0.15, -0.1) is 22.9 Å². The number of rotatable bonds is 4. The number of alkyl halides is 1. The number of halogens is 1. The topological polar surface area (TPSA) is 26.3 Å². The largest absolute Gasteiger partial charge is 0.493 e. The van der Waals surface area contributed by atoms with Crippen LogP contribution in [0.25, 0.3) is 20.2 Å². The van der Waals surface area contributed by atoms with E-state index in [0.717, 1.165) is 21.2 Å². The van der Waals surface area contributed by atoms with Crippen molar-refractivity contribution in [1.29, 1.82) is 0 Å². The first-order valence-corrected chi connectivity index (χ1v) is 7.79. The Hall–Kier alpha value is -1.58. The molecule has 0 unspecified atom stereocenters. The highest BCUT2D eigenvalue weighted by Crippen LogP contribution is 2.30. The molecule has 0 aliphatic rings. The second kappa shape index (κ2) is 5.81. The molecule has 2 nitrogen and oxygen atoms in total. The molecule has 3 aromatic rings. The fraction of sp³-hybridized carbons (Fsp3) is 0.188. The van der Waals surface area contributed by atoms with Gasteiger partial charge in [-0.1, -0.05) is 18.2 Å². The van der Waals surface area contributed by atoms with Crippen LogP contribution in [0, 0.1) is 0 Å². The summed E-state index contributed by atoms with van der Waals surface area (Å²) in [6.45, 7) is 0.527. The van der Waals surface area contributed by atoms with E-state index in [9.17, 15) is 4.79 Å². The van der Waals surface area contributed by atoms with Gasteiger partial charge in [-0.3, -0.25) is 4.79 Å². The number of benzene rings is 2. The Morgan fingerprint density at radius 2 is 1.85 bits per heavy atom. The van der Waals surface area contributed by atoms with Gasteiger partial charge in [0.15, 0.2) is 5.43 Å². The molecule has 0 bridgehead atoms. The molecule has 0 spiro atoms. The van der Waals surface area contributed by atoms with Gasteiger partial charge >= 0.3 is 0 Å². The molecule has 0 fully saturated rings. The minimum Gasteiger partial charge on any atom is -0.493 e. The Balaban J connectivity index is 2.22. The lowest BCUT2D eigenvalue weighted by atomic mass is 10.1. The number of fused-ring (bicyclic) bond motifs is 2. The molecule has 0 saturated carbocycles. The van der Waals surface area contributed by atoms with E-state index in [1.165, 1.54) is 0 Å². The van der Waals surface area contributed by atoms with Gasteiger partial charge in [-0.2, -0.15) is 0 Å². The summed E-state index contributed by atoms with van der Waals surface area (Å²) >= 11 is 7.27. The zero-order valence-electron chi connectivity index (χ0n) is 10.8. The predicted molar refractivity (Wildman–Crippen MR) is 86.4 cm³/mol. The lowest BCUT2D eigenvalue weighted by Gasteiger charge is -2.08. The van der Waals surface area contributed by atoms with E-state index < -0.39 is 0 Å². The number of ether oxygens (including phenoxy) is 1. The van der Waals surface area contributed by atoms with Gasteiger partial charge in [0.1, 0.15) is 5.75 Å². The Kier molecular flexibility index (Phi) is 3.90. The molecular weight excluding hydrogens is 292 g/mol. The molecule has 3 rings (SSSR count). The monoisotopic (exact) mass is 304 g/mol. The molecule has 0 radical (unpaired) electrons. The zero-order valence-corrected chi connectivity index (χ0v) is 12.3. The Morgan fingerprint density at radius 3 is 2.70 bits per heavy atom. The summed E-state index contributed by atoms with van der Waals surface area (Å²) in [6, 6.07) is 13.4. The van der Waals surface area contributed by atoms with E-state index in [1.807, 2.05) is 42.5 Å². The molecule has 0 N–H and O–H groups in total. The molecule has 2 aromatic carbocycles. The van der Waals surface area contributed by atoms with Crippen LogP contribution in [0.3, 0.4) is 0 Å². The van der Waals surface area contributed by atoms with Crippen LogP contribution >= 0.6 is 22.9 Å². The summed E-state index contributed by atoms with van der Waals surface area (Å²) in [5.74, 6) is 1.21. The van der Waals surface area contributed by atoms with Gasteiger partial charge in [0.05, 0.1) is 12.0 Å². The van der Waals surface area contributed by atoms with Gasteiger partial charge in [-0.05, 0) is 30.7 Å². The van der Waals surface area contributed by atoms with Crippen LogP contribution in [0.1, 0.15) is 6.42 Å².